The van der Waals surface area contributed by atoms with Crippen LogP contribution in [0.15, 0.2) is 10.5 Å². The van der Waals surface area contributed by atoms with Gasteiger partial charge in [-0.2, -0.15) is 5.10 Å². The van der Waals surface area contributed by atoms with E-state index in [1.807, 2.05) is 6.07 Å². The van der Waals surface area contributed by atoms with Gasteiger partial charge in [0.2, 0.25) is 0 Å². The average Bonchev–Trinajstić information content (AvgIpc) is 2.23. The van der Waals surface area contributed by atoms with E-state index in [2.05, 4.69) is 31.4 Å². The molecule has 0 radical (unpaired) electrons. The van der Waals surface area contributed by atoms with Gasteiger partial charge in [-0.25, -0.2) is 0 Å². The minimum atomic E-state index is 0.456. The molecule has 0 aliphatic carbocycles. The molecule has 1 saturated heterocycles. The Balaban J connectivity index is 2.18. The third kappa shape index (κ3) is 2.04. The quantitative estimate of drug-likeness (QED) is 0.795. The van der Waals surface area contributed by atoms with Gasteiger partial charge in [-0.05, 0) is 41.4 Å². The van der Waals surface area contributed by atoms with Gasteiger partial charge in [0, 0.05) is 12.5 Å². The van der Waals surface area contributed by atoms with Crippen LogP contribution < -0.4 is 11.1 Å². The van der Waals surface area contributed by atoms with Crippen molar-refractivity contribution in [3.8, 4) is 0 Å². The Kier molecular flexibility index (Phi) is 2.98. The fourth-order valence-corrected chi connectivity index (χ4v) is 2.01. The van der Waals surface area contributed by atoms with E-state index in [-0.39, 0.29) is 0 Å². The number of hydrogen-bond acceptors (Lipinski definition) is 4. The molecule has 1 aromatic heterocycles. The maximum absolute atomic E-state index is 5.58. The molecule has 2 rings (SSSR count). The first kappa shape index (κ1) is 9.86. The number of hydrogen-bond donors (Lipinski definition) is 2. The van der Waals surface area contributed by atoms with E-state index in [1.165, 1.54) is 12.8 Å². The Morgan fingerprint density at radius 2 is 2.36 bits per heavy atom. The summed E-state index contributed by atoms with van der Waals surface area (Å²) in [5, 5.41) is 11.4. The topological polar surface area (TPSA) is 63.8 Å². The maximum atomic E-state index is 5.58. The molecule has 76 valence electrons. The van der Waals surface area contributed by atoms with Crippen LogP contribution in [0.4, 0.5) is 5.82 Å². The van der Waals surface area contributed by atoms with Crippen LogP contribution in [0.25, 0.3) is 0 Å². The molecule has 14 heavy (non-hydrogen) atoms. The summed E-state index contributed by atoms with van der Waals surface area (Å²) in [5.74, 6) is 0.936. The molecule has 3 N–H and O–H groups in total. The molecule has 1 aliphatic heterocycles. The average molecular weight is 257 g/mol. The van der Waals surface area contributed by atoms with Gasteiger partial charge in [-0.1, -0.05) is 0 Å². The second-order valence-corrected chi connectivity index (χ2v) is 4.40. The molecule has 0 bridgehead atoms. The van der Waals surface area contributed by atoms with Crippen molar-refractivity contribution in [2.45, 2.75) is 18.8 Å². The number of piperidine rings is 1. The van der Waals surface area contributed by atoms with E-state index >= 15 is 0 Å². The number of aromatic nitrogens is 2. The lowest BCUT2D eigenvalue weighted by Gasteiger charge is -2.21. The zero-order chi connectivity index (χ0) is 9.97. The highest BCUT2D eigenvalue weighted by Crippen LogP contribution is 2.25. The monoisotopic (exact) mass is 256 g/mol. The van der Waals surface area contributed by atoms with Crippen LogP contribution >= 0.6 is 15.9 Å². The van der Waals surface area contributed by atoms with Crippen molar-refractivity contribution in [1.82, 2.24) is 15.5 Å². The second-order valence-electron chi connectivity index (χ2n) is 3.55. The van der Waals surface area contributed by atoms with E-state index in [1.54, 1.807) is 0 Å². The van der Waals surface area contributed by atoms with E-state index < -0.39 is 0 Å². The number of nitrogens with zero attached hydrogens (tertiary/aromatic N) is 2. The standard InChI is InChI=1S/C9H13BrN4/c10-7-4-8(13-14-9(7)11)6-2-1-3-12-5-6/h4,6,12H,1-3,5H2,(H2,11,14). The SMILES string of the molecule is Nc1nnc(C2CCCNC2)cc1Br. The smallest absolute Gasteiger partial charge is 0.160 e. The molecule has 2 heterocycles. The fraction of sp³-hybridized carbons (Fsp3) is 0.556. The minimum absolute atomic E-state index is 0.456. The first-order valence-electron chi connectivity index (χ1n) is 4.76. The lowest BCUT2D eigenvalue weighted by atomic mass is 9.96. The Morgan fingerprint density at radius 3 is 3.00 bits per heavy atom. The van der Waals surface area contributed by atoms with Crippen LogP contribution in [0, 0.1) is 0 Å². The number of nitrogens with two attached hydrogens (primary N) is 1. The van der Waals surface area contributed by atoms with Crippen LogP contribution in [0.1, 0.15) is 24.5 Å². The van der Waals surface area contributed by atoms with E-state index in [9.17, 15) is 0 Å². The van der Waals surface area contributed by atoms with Crippen molar-refractivity contribution in [3.63, 3.8) is 0 Å². The first-order chi connectivity index (χ1) is 6.77. The van der Waals surface area contributed by atoms with Gasteiger partial charge in [0.25, 0.3) is 0 Å². The highest BCUT2D eigenvalue weighted by molar-refractivity contribution is 9.10. The lowest BCUT2D eigenvalue weighted by molar-refractivity contribution is 0.452. The number of anilines is 1. The van der Waals surface area contributed by atoms with E-state index in [0.717, 1.165) is 23.3 Å². The molecule has 0 spiro atoms. The molecule has 1 aliphatic rings. The Hall–Kier alpha value is -0.680. The van der Waals surface area contributed by atoms with Crippen LogP contribution in [0.5, 0.6) is 0 Å². The molecule has 1 fully saturated rings. The molecule has 0 amide bonds. The summed E-state index contributed by atoms with van der Waals surface area (Å²) in [6, 6.07) is 1.97. The summed E-state index contributed by atoms with van der Waals surface area (Å²) in [6.45, 7) is 2.10. The van der Waals surface area contributed by atoms with Gasteiger partial charge in [0.15, 0.2) is 5.82 Å². The molecule has 0 saturated carbocycles. The van der Waals surface area contributed by atoms with E-state index in [4.69, 9.17) is 5.73 Å². The highest BCUT2D eigenvalue weighted by Gasteiger charge is 2.17. The minimum Gasteiger partial charge on any atom is -0.381 e. The molecule has 1 unspecified atom stereocenters. The Bertz CT molecular complexity index is 323. The van der Waals surface area contributed by atoms with Gasteiger partial charge >= 0.3 is 0 Å². The molecular formula is C9H13BrN4. The van der Waals surface area contributed by atoms with Crippen molar-refractivity contribution >= 4 is 21.7 Å². The summed E-state index contributed by atoms with van der Waals surface area (Å²) in [7, 11) is 0. The van der Waals surface area contributed by atoms with Gasteiger partial charge in [0.05, 0.1) is 10.2 Å². The summed E-state index contributed by atoms with van der Waals surface area (Å²) < 4.78 is 0.841. The largest absolute Gasteiger partial charge is 0.381 e. The first-order valence-corrected chi connectivity index (χ1v) is 5.56. The number of rotatable bonds is 1. The van der Waals surface area contributed by atoms with Crippen LogP contribution in [-0.2, 0) is 0 Å². The zero-order valence-electron chi connectivity index (χ0n) is 7.83. The van der Waals surface area contributed by atoms with Crippen molar-refractivity contribution in [2.75, 3.05) is 18.8 Å². The number of nitrogen functional groups attached to an aromatic ring is 1. The maximum Gasteiger partial charge on any atom is 0.160 e. The van der Waals surface area contributed by atoms with Crippen molar-refractivity contribution in [3.05, 3.63) is 16.2 Å². The molecule has 1 atom stereocenters. The Labute approximate surface area is 91.4 Å². The van der Waals surface area contributed by atoms with Crippen LogP contribution in [0.3, 0.4) is 0 Å². The van der Waals surface area contributed by atoms with E-state index in [0.29, 0.717) is 11.7 Å². The highest BCUT2D eigenvalue weighted by atomic mass is 79.9. The predicted molar refractivity (Wildman–Crippen MR) is 59.0 cm³/mol. The number of nitrogens with one attached hydrogen (secondary N) is 1. The summed E-state index contributed by atoms with van der Waals surface area (Å²) in [5.41, 5.74) is 6.61. The van der Waals surface area contributed by atoms with Gasteiger partial charge in [0.1, 0.15) is 0 Å². The van der Waals surface area contributed by atoms with Crippen molar-refractivity contribution < 1.29 is 0 Å². The third-order valence-electron chi connectivity index (χ3n) is 2.51. The van der Waals surface area contributed by atoms with Crippen LogP contribution in [0.2, 0.25) is 0 Å². The van der Waals surface area contributed by atoms with Crippen molar-refractivity contribution in [2.24, 2.45) is 0 Å². The van der Waals surface area contributed by atoms with Gasteiger partial charge < -0.3 is 11.1 Å². The molecular weight excluding hydrogens is 244 g/mol. The van der Waals surface area contributed by atoms with Crippen molar-refractivity contribution in [1.29, 1.82) is 0 Å². The number of halogens is 1. The molecule has 5 heteroatoms. The molecule has 0 aromatic carbocycles. The fourth-order valence-electron chi connectivity index (χ4n) is 1.70. The summed E-state index contributed by atoms with van der Waals surface area (Å²) >= 11 is 3.36. The predicted octanol–water partition coefficient (Wildman–Crippen LogP) is 1.29. The summed E-state index contributed by atoms with van der Waals surface area (Å²) in [6.07, 6.45) is 2.38. The molecule has 1 aromatic rings. The van der Waals surface area contributed by atoms with Gasteiger partial charge in [-0.15, -0.1) is 5.10 Å². The van der Waals surface area contributed by atoms with Crippen LogP contribution in [-0.4, -0.2) is 23.3 Å². The zero-order valence-corrected chi connectivity index (χ0v) is 9.42. The molecule has 4 nitrogen and oxygen atoms in total. The third-order valence-corrected chi connectivity index (χ3v) is 3.14. The Morgan fingerprint density at radius 1 is 1.50 bits per heavy atom. The van der Waals surface area contributed by atoms with Gasteiger partial charge in [-0.3, -0.25) is 0 Å². The normalized spacial score (nSPS) is 22.2. The second kappa shape index (κ2) is 4.23. The summed E-state index contributed by atoms with van der Waals surface area (Å²) in [4.78, 5) is 0. The lowest BCUT2D eigenvalue weighted by Crippen LogP contribution is -2.29.